The zero-order valence-electron chi connectivity index (χ0n) is 13.6. The molecule has 0 bridgehead atoms. The van der Waals surface area contributed by atoms with Gasteiger partial charge in [-0.05, 0) is 37.1 Å². The Morgan fingerprint density at radius 2 is 1.96 bits per heavy atom. The minimum absolute atomic E-state index is 0.104. The summed E-state index contributed by atoms with van der Waals surface area (Å²) in [6.45, 7) is 2.97. The van der Waals surface area contributed by atoms with Gasteiger partial charge in [0.05, 0.1) is 5.75 Å². The zero-order chi connectivity index (χ0) is 17.5. The van der Waals surface area contributed by atoms with Crippen LogP contribution in [0.25, 0.3) is 0 Å². The first-order chi connectivity index (χ1) is 11.2. The van der Waals surface area contributed by atoms with Gasteiger partial charge in [0.1, 0.15) is 0 Å². The van der Waals surface area contributed by atoms with E-state index in [1.807, 2.05) is 25.1 Å². The van der Waals surface area contributed by atoms with Crippen molar-refractivity contribution in [1.82, 2.24) is 0 Å². The van der Waals surface area contributed by atoms with Crippen molar-refractivity contribution in [2.75, 3.05) is 28.6 Å². The third kappa shape index (κ3) is 3.44. The molecule has 8 heteroatoms. The van der Waals surface area contributed by atoms with Gasteiger partial charge in [0.2, 0.25) is 21.8 Å². The van der Waals surface area contributed by atoms with E-state index < -0.39 is 10.0 Å². The smallest absolute Gasteiger partial charge is 0.227 e. The third-order valence-electron chi connectivity index (χ3n) is 4.53. The Morgan fingerprint density at radius 1 is 1.21 bits per heavy atom. The van der Waals surface area contributed by atoms with Gasteiger partial charge in [-0.25, -0.2) is 13.6 Å². The molecule has 1 aromatic rings. The molecule has 0 aromatic heterocycles. The molecule has 2 aliphatic rings. The maximum atomic E-state index is 12.2. The summed E-state index contributed by atoms with van der Waals surface area (Å²) >= 11 is 0. The molecule has 1 aromatic carbocycles. The number of sulfonamides is 1. The summed E-state index contributed by atoms with van der Waals surface area (Å²) in [5, 5.41) is 5.08. The summed E-state index contributed by atoms with van der Waals surface area (Å²) in [5.74, 6) is -0.453. The lowest BCUT2D eigenvalue weighted by Gasteiger charge is -2.22. The summed E-state index contributed by atoms with van der Waals surface area (Å²) < 4.78 is 22.4. The van der Waals surface area contributed by atoms with Crippen LogP contribution in [0.4, 0.5) is 11.4 Å². The molecular weight excluding hydrogens is 330 g/mol. The second-order valence-electron chi connectivity index (χ2n) is 6.52. The Morgan fingerprint density at radius 3 is 2.54 bits per heavy atom. The Kier molecular flexibility index (Phi) is 4.35. The van der Waals surface area contributed by atoms with Crippen LogP contribution in [0.15, 0.2) is 18.2 Å². The molecule has 2 aliphatic heterocycles. The number of benzene rings is 1. The Labute approximate surface area is 141 Å². The van der Waals surface area contributed by atoms with Gasteiger partial charge >= 0.3 is 0 Å². The molecule has 130 valence electrons. The van der Waals surface area contributed by atoms with Gasteiger partial charge in [0, 0.05) is 43.2 Å². The molecule has 0 saturated carbocycles. The van der Waals surface area contributed by atoms with Crippen molar-refractivity contribution in [2.24, 2.45) is 11.1 Å². The van der Waals surface area contributed by atoms with Crippen molar-refractivity contribution in [2.45, 2.75) is 26.2 Å². The number of aryl methyl sites for hydroxylation is 1. The average Bonchev–Trinajstić information content (AvgIpc) is 3.03. The van der Waals surface area contributed by atoms with E-state index in [9.17, 15) is 18.0 Å². The Hall–Kier alpha value is -1.93. The van der Waals surface area contributed by atoms with Crippen molar-refractivity contribution < 1.29 is 18.0 Å². The molecule has 24 heavy (non-hydrogen) atoms. The Bertz CT molecular complexity index is 791. The van der Waals surface area contributed by atoms with Crippen molar-refractivity contribution in [3.63, 3.8) is 0 Å². The number of nitrogens with zero attached hydrogens (tertiary/aromatic N) is 2. The number of carbonyl (C=O) groups is 2. The second-order valence-corrected chi connectivity index (χ2v) is 8.18. The highest BCUT2D eigenvalue weighted by atomic mass is 32.2. The molecule has 1 atom stereocenters. The van der Waals surface area contributed by atoms with Crippen molar-refractivity contribution in [3.8, 4) is 0 Å². The Balaban J connectivity index is 1.79. The van der Waals surface area contributed by atoms with Crippen LogP contribution >= 0.6 is 0 Å². The number of amides is 2. The lowest BCUT2D eigenvalue weighted by Crippen LogP contribution is -2.28. The SMILES string of the molecule is Cc1cc(N2CC(CS(N)(=O)=O)CC2=O)ccc1N1CCCC1=O. The lowest BCUT2D eigenvalue weighted by atomic mass is 10.1. The van der Waals surface area contributed by atoms with Crippen LogP contribution in [0.5, 0.6) is 0 Å². The summed E-state index contributed by atoms with van der Waals surface area (Å²) in [4.78, 5) is 27.5. The summed E-state index contributed by atoms with van der Waals surface area (Å²) in [6, 6.07) is 5.54. The van der Waals surface area contributed by atoms with E-state index in [4.69, 9.17) is 5.14 Å². The van der Waals surface area contributed by atoms with Gasteiger partial charge in [0.15, 0.2) is 0 Å². The highest BCUT2D eigenvalue weighted by molar-refractivity contribution is 7.89. The van der Waals surface area contributed by atoms with Crippen LogP contribution in [0.2, 0.25) is 0 Å². The van der Waals surface area contributed by atoms with E-state index in [1.54, 1.807) is 9.80 Å². The van der Waals surface area contributed by atoms with Crippen molar-refractivity contribution in [1.29, 1.82) is 0 Å². The predicted octanol–water partition coefficient (Wildman–Crippen LogP) is 0.763. The first-order valence-corrected chi connectivity index (χ1v) is 9.68. The first kappa shape index (κ1) is 16.9. The highest BCUT2D eigenvalue weighted by Crippen LogP contribution is 2.31. The molecule has 3 rings (SSSR count). The van der Waals surface area contributed by atoms with Crippen LogP contribution in [0, 0.1) is 12.8 Å². The number of primary sulfonamides is 1. The van der Waals surface area contributed by atoms with E-state index in [0.29, 0.717) is 13.0 Å². The molecule has 7 nitrogen and oxygen atoms in total. The normalized spacial score (nSPS) is 21.8. The average molecular weight is 351 g/mol. The van der Waals surface area contributed by atoms with Gasteiger partial charge in [0.25, 0.3) is 0 Å². The highest BCUT2D eigenvalue weighted by Gasteiger charge is 2.33. The summed E-state index contributed by atoms with van der Waals surface area (Å²) in [6.07, 6.45) is 1.61. The number of hydrogen-bond donors (Lipinski definition) is 1. The molecule has 0 aliphatic carbocycles. The van der Waals surface area contributed by atoms with Gasteiger partial charge < -0.3 is 9.80 Å². The van der Waals surface area contributed by atoms with Gasteiger partial charge in [-0.2, -0.15) is 0 Å². The number of anilines is 2. The van der Waals surface area contributed by atoms with Crippen LogP contribution in [-0.2, 0) is 19.6 Å². The number of carbonyl (C=O) groups excluding carboxylic acids is 2. The number of rotatable bonds is 4. The van der Waals surface area contributed by atoms with Crippen molar-refractivity contribution in [3.05, 3.63) is 23.8 Å². The third-order valence-corrected chi connectivity index (χ3v) is 5.47. The van der Waals surface area contributed by atoms with Gasteiger partial charge in [-0.15, -0.1) is 0 Å². The quantitative estimate of drug-likeness (QED) is 0.865. The molecule has 0 radical (unpaired) electrons. The fourth-order valence-electron chi connectivity index (χ4n) is 3.48. The van der Waals surface area contributed by atoms with Crippen molar-refractivity contribution >= 4 is 33.2 Å². The van der Waals surface area contributed by atoms with Crippen LogP contribution in [0.3, 0.4) is 0 Å². The number of hydrogen-bond acceptors (Lipinski definition) is 4. The standard InChI is InChI=1S/C16H21N3O4S/c1-11-7-13(4-5-14(11)18-6-2-3-15(18)20)19-9-12(8-16(19)21)10-24(17,22)23/h4-5,7,12H,2-3,6,8-10H2,1H3,(H2,17,22,23). The summed E-state index contributed by atoms with van der Waals surface area (Å²) in [5.41, 5.74) is 2.52. The van der Waals surface area contributed by atoms with Gasteiger partial charge in [-0.3, -0.25) is 9.59 Å². The molecule has 2 saturated heterocycles. The fourth-order valence-corrected chi connectivity index (χ4v) is 4.36. The zero-order valence-corrected chi connectivity index (χ0v) is 14.4. The topological polar surface area (TPSA) is 101 Å². The molecule has 2 amide bonds. The minimum atomic E-state index is -3.59. The lowest BCUT2D eigenvalue weighted by molar-refractivity contribution is -0.118. The van der Waals surface area contributed by atoms with Crippen LogP contribution in [0.1, 0.15) is 24.8 Å². The van der Waals surface area contributed by atoms with E-state index in [2.05, 4.69) is 0 Å². The monoisotopic (exact) mass is 351 g/mol. The van der Waals surface area contributed by atoms with Crippen LogP contribution in [-0.4, -0.2) is 39.1 Å². The van der Waals surface area contributed by atoms with E-state index in [1.165, 1.54) is 0 Å². The molecular formula is C16H21N3O4S. The molecule has 1 unspecified atom stereocenters. The van der Waals surface area contributed by atoms with Crippen LogP contribution < -0.4 is 14.9 Å². The van der Waals surface area contributed by atoms with E-state index in [-0.39, 0.29) is 29.9 Å². The summed E-state index contributed by atoms with van der Waals surface area (Å²) in [7, 11) is -3.59. The van der Waals surface area contributed by atoms with E-state index in [0.717, 1.165) is 29.9 Å². The fraction of sp³-hybridized carbons (Fsp3) is 0.500. The largest absolute Gasteiger partial charge is 0.312 e. The minimum Gasteiger partial charge on any atom is -0.312 e. The van der Waals surface area contributed by atoms with E-state index >= 15 is 0 Å². The maximum absolute atomic E-state index is 12.2. The number of nitrogens with two attached hydrogens (primary N) is 1. The second kappa shape index (κ2) is 6.18. The first-order valence-electron chi connectivity index (χ1n) is 7.96. The molecule has 2 fully saturated rings. The molecule has 2 N–H and O–H groups in total. The predicted molar refractivity (Wildman–Crippen MR) is 91.2 cm³/mol. The van der Waals surface area contributed by atoms with Gasteiger partial charge in [-0.1, -0.05) is 0 Å². The molecule has 2 heterocycles. The maximum Gasteiger partial charge on any atom is 0.227 e. The molecule has 0 spiro atoms.